The third-order valence-electron chi connectivity index (χ3n) is 3.34. The minimum atomic E-state index is -0.581. The number of nitrogens with zero attached hydrogens (tertiary/aromatic N) is 3. The van der Waals surface area contributed by atoms with Gasteiger partial charge >= 0.3 is 0 Å². The van der Waals surface area contributed by atoms with Crippen LogP contribution in [0, 0.1) is 0 Å². The van der Waals surface area contributed by atoms with Gasteiger partial charge in [0.25, 0.3) is 0 Å². The van der Waals surface area contributed by atoms with Crippen LogP contribution in [0.5, 0.6) is 0 Å². The van der Waals surface area contributed by atoms with E-state index in [0.29, 0.717) is 19.6 Å². The van der Waals surface area contributed by atoms with Crippen molar-refractivity contribution < 1.29 is 9.90 Å². The van der Waals surface area contributed by atoms with Crippen molar-refractivity contribution in [1.82, 2.24) is 14.7 Å². The van der Waals surface area contributed by atoms with Crippen molar-refractivity contribution >= 4 is 5.91 Å². The van der Waals surface area contributed by atoms with Crippen LogP contribution in [-0.2, 0) is 4.79 Å². The van der Waals surface area contributed by atoms with E-state index in [9.17, 15) is 9.90 Å². The summed E-state index contributed by atoms with van der Waals surface area (Å²) in [4.78, 5) is 18.1. The number of carbonyl (C=O) groups excluding carboxylic acids is 1. The smallest absolute Gasteiger partial charge is 0.236 e. The number of rotatable bonds is 2. The Labute approximate surface area is 96.6 Å². The van der Waals surface area contributed by atoms with Crippen LogP contribution >= 0.6 is 0 Å². The Hall–Kier alpha value is -0.650. The molecule has 2 aliphatic heterocycles. The van der Waals surface area contributed by atoms with Crippen molar-refractivity contribution in [2.75, 3.05) is 52.9 Å². The first kappa shape index (κ1) is 11.8. The van der Waals surface area contributed by atoms with Gasteiger partial charge in [0.2, 0.25) is 5.91 Å². The van der Waals surface area contributed by atoms with Crippen molar-refractivity contribution in [3.63, 3.8) is 0 Å². The van der Waals surface area contributed by atoms with Gasteiger partial charge in [-0.25, -0.2) is 0 Å². The summed E-state index contributed by atoms with van der Waals surface area (Å²) >= 11 is 0. The molecule has 0 aliphatic carbocycles. The lowest BCUT2D eigenvalue weighted by Gasteiger charge is -2.44. The molecule has 0 aromatic heterocycles. The van der Waals surface area contributed by atoms with E-state index >= 15 is 0 Å². The fourth-order valence-electron chi connectivity index (χ4n) is 2.38. The van der Waals surface area contributed by atoms with Gasteiger partial charge in [0, 0.05) is 39.3 Å². The monoisotopic (exact) mass is 227 g/mol. The van der Waals surface area contributed by atoms with Gasteiger partial charge in [-0.15, -0.1) is 0 Å². The summed E-state index contributed by atoms with van der Waals surface area (Å²) in [7, 11) is 2.08. The molecule has 5 nitrogen and oxygen atoms in total. The van der Waals surface area contributed by atoms with Crippen LogP contribution in [0.15, 0.2) is 0 Å². The topological polar surface area (TPSA) is 47.0 Å². The number of hydrogen-bond donors (Lipinski definition) is 1. The summed E-state index contributed by atoms with van der Waals surface area (Å²) in [5.41, 5.74) is -0.581. The van der Waals surface area contributed by atoms with Crippen LogP contribution in [0.25, 0.3) is 0 Å². The lowest BCUT2D eigenvalue weighted by Crippen LogP contribution is -2.62. The summed E-state index contributed by atoms with van der Waals surface area (Å²) in [6, 6.07) is 0. The molecule has 0 atom stereocenters. The molecule has 1 amide bonds. The molecule has 92 valence electrons. The number of likely N-dealkylation sites (tertiary alicyclic amines) is 1. The minimum Gasteiger partial charge on any atom is -0.388 e. The molecule has 0 saturated carbocycles. The van der Waals surface area contributed by atoms with E-state index < -0.39 is 5.60 Å². The molecule has 2 saturated heterocycles. The lowest BCUT2D eigenvalue weighted by atomic mass is 9.97. The first-order valence-corrected chi connectivity index (χ1v) is 5.87. The Balaban J connectivity index is 1.72. The Morgan fingerprint density at radius 1 is 1.25 bits per heavy atom. The summed E-state index contributed by atoms with van der Waals surface area (Å²) in [5.74, 6) is 0.198. The second-order valence-corrected chi connectivity index (χ2v) is 5.33. The highest BCUT2D eigenvalue weighted by Gasteiger charge is 2.37. The molecule has 0 bridgehead atoms. The van der Waals surface area contributed by atoms with E-state index in [1.165, 1.54) is 0 Å². The van der Waals surface area contributed by atoms with E-state index in [1.54, 1.807) is 0 Å². The Morgan fingerprint density at radius 3 is 2.31 bits per heavy atom. The fraction of sp³-hybridized carbons (Fsp3) is 0.909. The molecule has 0 radical (unpaired) electrons. The van der Waals surface area contributed by atoms with Crippen molar-refractivity contribution in [3.05, 3.63) is 0 Å². The number of likely N-dealkylation sites (N-methyl/N-ethyl adjacent to an activating group) is 1. The Kier molecular flexibility index (Phi) is 3.19. The minimum absolute atomic E-state index is 0.198. The maximum Gasteiger partial charge on any atom is 0.236 e. The quantitative estimate of drug-likeness (QED) is 0.645. The van der Waals surface area contributed by atoms with Gasteiger partial charge in [0.05, 0.1) is 12.1 Å². The average Bonchev–Trinajstić information content (AvgIpc) is 2.15. The predicted molar refractivity (Wildman–Crippen MR) is 61.1 cm³/mol. The highest BCUT2D eigenvalue weighted by Crippen LogP contribution is 2.19. The van der Waals surface area contributed by atoms with E-state index in [-0.39, 0.29) is 5.91 Å². The van der Waals surface area contributed by atoms with Gasteiger partial charge in [-0.05, 0) is 14.0 Å². The summed E-state index contributed by atoms with van der Waals surface area (Å²) < 4.78 is 0. The molecule has 2 rings (SSSR count). The van der Waals surface area contributed by atoms with Gasteiger partial charge in [0.1, 0.15) is 0 Å². The number of β-amino-alcohol motifs (C(OH)–C–C–N with tert-alkyl or cyclic N) is 1. The average molecular weight is 227 g/mol. The Bertz CT molecular complexity index is 264. The standard InChI is InChI=1S/C11H21N3O2/c1-11(16)8-13(9-11)7-10(15)14-5-3-12(2)4-6-14/h16H,3-9H2,1-2H3. The number of hydrogen-bond acceptors (Lipinski definition) is 4. The lowest BCUT2D eigenvalue weighted by molar-refractivity contribution is -0.141. The third kappa shape index (κ3) is 2.72. The molecule has 2 aliphatic rings. The number of piperazine rings is 1. The normalized spacial score (nSPS) is 26.6. The van der Waals surface area contributed by atoms with Gasteiger partial charge in [-0.3, -0.25) is 9.69 Å². The molecule has 0 aromatic rings. The molecule has 0 unspecified atom stereocenters. The first-order valence-electron chi connectivity index (χ1n) is 5.87. The van der Waals surface area contributed by atoms with Gasteiger partial charge in [0.15, 0.2) is 0 Å². The molecule has 1 N–H and O–H groups in total. The van der Waals surface area contributed by atoms with E-state index in [2.05, 4.69) is 11.9 Å². The molecule has 16 heavy (non-hydrogen) atoms. The SMILES string of the molecule is CN1CCN(C(=O)CN2CC(C)(O)C2)CC1. The number of carbonyl (C=O) groups is 1. The highest BCUT2D eigenvalue weighted by molar-refractivity contribution is 5.78. The van der Waals surface area contributed by atoms with Gasteiger partial charge < -0.3 is 14.9 Å². The number of amides is 1. The van der Waals surface area contributed by atoms with Crippen LogP contribution in [0.1, 0.15) is 6.92 Å². The zero-order valence-electron chi connectivity index (χ0n) is 10.1. The molecular formula is C11H21N3O2. The molecule has 0 aromatic carbocycles. The van der Waals surface area contributed by atoms with Gasteiger partial charge in [-0.1, -0.05) is 0 Å². The van der Waals surface area contributed by atoms with Crippen molar-refractivity contribution in [2.24, 2.45) is 0 Å². The maximum absolute atomic E-state index is 11.9. The summed E-state index contributed by atoms with van der Waals surface area (Å²) in [5, 5.41) is 9.57. The van der Waals surface area contributed by atoms with Crippen LogP contribution in [0.3, 0.4) is 0 Å². The molecule has 5 heteroatoms. The van der Waals surface area contributed by atoms with E-state index in [1.807, 2.05) is 16.7 Å². The summed E-state index contributed by atoms with van der Waals surface area (Å²) in [6.07, 6.45) is 0. The van der Waals surface area contributed by atoms with Crippen LogP contribution < -0.4 is 0 Å². The number of aliphatic hydroxyl groups is 1. The first-order chi connectivity index (χ1) is 7.46. The maximum atomic E-state index is 11.9. The van der Waals surface area contributed by atoms with Crippen molar-refractivity contribution in [3.8, 4) is 0 Å². The third-order valence-corrected chi connectivity index (χ3v) is 3.34. The van der Waals surface area contributed by atoms with Crippen LogP contribution in [0.2, 0.25) is 0 Å². The zero-order valence-corrected chi connectivity index (χ0v) is 10.1. The second kappa shape index (κ2) is 4.31. The zero-order chi connectivity index (χ0) is 11.8. The van der Waals surface area contributed by atoms with Crippen molar-refractivity contribution in [1.29, 1.82) is 0 Å². The van der Waals surface area contributed by atoms with Crippen LogP contribution in [0.4, 0.5) is 0 Å². The van der Waals surface area contributed by atoms with Crippen molar-refractivity contribution in [2.45, 2.75) is 12.5 Å². The largest absolute Gasteiger partial charge is 0.388 e. The predicted octanol–water partition coefficient (Wildman–Crippen LogP) is -1.17. The molecule has 2 heterocycles. The summed E-state index contributed by atoms with van der Waals surface area (Å²) in [6.45, 7) is 7.09. The van der Waals surface area contributed by atoms with E-state index in [4.69, 9.17) is 0 Å². The second-order valence-electron chi connectivity index (χ2n) is 5.33. The Morgan fingerprint density at radius 2 is 1.81 bits per heavy atom. The molecular weight excluding hydrogens is 206 g/mol. The van der Waals surface area contributed by atoms with E-state index in [0.717, 1.165) is 26.2 Å². The fourth-order valence-corrected chi connectivity index (χ4v) is 2.38. The van der Waals surface area contributed by atoms with Gasteiger partial charge in [-0.2, -0.15) is 0 Å². The van der Waals surface area contributed by atoms with Crippen LogP contribution in [-0.4, -0.2) is 84.2 Å². The molecule has 2 fully saturated rings. The highest BCUT2D eigenvalue weighted by atomic mass is 16.3. The molecule has 0 spiro atoms.